The zero-order valence-corrected chi connectivity index (χ0v) is 12.0. The van der Waals surface area contributed by atoms with E-state index >= 15 is 0 Å². The van der Waals surface area contributed by atoms with Gasteiger partial charge >= 0.3 is 6.09 Å². The van der Waals surface area contributed by atoms with Crippen molar-refractivity contribution >= 4 is 6.09 Å². The van der Waals surface area contributed by atoms with Gasteiger partial charge in [0.05, 0.1) is 19.3 Å². The fraction of sp³-hybridized carbons (Fsp3) is 0.923. The van der Waals surface area contributed by atoms with E-state index in [-0.39, 0.29) is 12.1 Å². The molecule has 1 unspecified atom stereocenters. The van der Waals surface area contributed by atoms with Gasteiger partial charge in [0.2, 0.25) is 0 Å². The van der Waals surface area contributed by atoms with Gasteiger partial charge in [-0.15, -0.1) is 0 Å². The van der Waals surface area contributed by atoms with Crippen LogP contribution in [0.1, 0.15) is 20.8 Å². The number of piperazine rings is 1. The van der Waals surface area contributed by atoms with Gasteiger partial charge in [0.25, 0.3) is 0 Å². The molecule has 1 amide bonds. The van der Waals surface area contributed by atoms with Gasteiger partial charge in [0.15, 0.2) is 0 Å². The summed E-state index contributed by atoms with van der Waals surface area (Å²) in [5.74, 6) is 0.376. The Bertz CT molecular complexity index is 259. The fourth-order valence-electron chi connectivity index (χ4n) is 1.87. The number of ether oxygens (including phenoxy) is 2. The Kier molecular flexibility index (Phi) is 6.43. The third-order valence-electron chi connectivity index (χ3n) is 3.09. The Morgan fingerprint density at radius 1 is 1.39 bits per heavy atom. The normalized spacial score (nSPS) is 21.4. The summed E-state index contributed by atoms with van der Waals surface area (Å²) >= 11 is 0. The molecule has 1 aliphatic rings. The van der Waals surface area contributed by atoms with Gasteiger partial charge in [-0.1, -0.05) is 13.8 Å². The van der Waals surface area contributed by atoms with Gasteiger partial charge in [-0.25, -0.2) is 4.79 Å². The van der Waals surface area contributed by atoms with Crippen molar-refractivity contribution in [2.75, 3.05) is 46.5 Å². The van der Waals surface area contributed by atoms with Crippen LogP contribution in [0.4, 0.5) is 4.79 Å². The average molecular weight is 258 g/mol. The van der Waals surface area contributed by atoms with Gasteiger partial charge in [-0.3, -0.25) is 4.90 Å². The van der Waals surface area contributed by atoms with Gasteiger partial charge in [0, 0.05) is 26.2 Å². The number of rotatable bonds is 5. The van der Waals surface area contributed by atoms with Crippen LogP contribution in [0.5, 0.6) is 0 Å². The van der Waals surface area contributed by atoms with E-state index in [9.17, 15) is 4.79 Å². The van der Waals surface area contributed by atoms with Crippen molar-refractivity contribution in [3.05, 3.63) is 0 Å². The van der Waals surface area contributed by atoms with Crippen molar-refractivity contribution in [2.24, 2.45) is 5.92 Å². The molecule has 0 saturated carbocycles. The molecule has 1 saturated heterocycles. The van der Waals surface area contributed by atoms with Gasteiger partial charge < -0.3 is 14.4 Å². The highest BCUT2D eigenvalue weighted by atomic mass is 16.6. The zero-order chi connectivity index (χ0) is 13.5. The molecule has 1 atom stereocenters. The highest BCUT2D eigenvalue weighted by molar-refractivity contribution is 5.67. The van der Waals surface area contributed by atoms with Gasteiger partial charge in [0.1, 0.15) is 0 Å². The van der Waals surface area contributed by atoms with E-state index in [1.807, 2.05) is 20.8 Å². The Labute approximate surface area is 110 Å². The summed E-state index contributed by atoms with van der Waals surface area (Å²) in [4.78, 5) is 15.9. The molecule has 1 fully saturated rings. The number of carbonyl (C=O) groups excluding carboxylic acids is 1. The van der Waals surface area contributed by atoms with E-state index in [2.05, 4.69) is 11.9 Å². The largest absolute Gasteiger partial charge is 0.449 e. The molecule has 0 radical (unpaired) electrons. The van der Waals surface area contributed by atoms with E-state index in [0.717, 1.165) is 13.1 Å². The first-order valence-electron chi connectivity index (χ1n) is 6.74. The summed E-state index contributed by atoms with van der Waals surface area (Å²) in [7, 11) is 2.07. The second-order valence-corrected chi connectivity index (χ2v) is 5.21. The third kappa shape index (κ3) is 4.82. The quantitative estimate of drug-likeness (QED) is 0.748. The van der Waals surface area contributed by atoms with Crippen molar-refractivity contribution in [2.45, 2.75) is 26.8 Å². The molecule has 5 nitrogen and oxygen atoms in total. The standard InChI is InChI=1S/C13H26N2O3/c1-5-17-10-12-8-15(7-6-14(12)4)13(16)18-9-11(2)3/h11-12H,5-10H2,1-4H3. The summed E-state index contributed by atoms with van der Waals surface area (Å²) < 4.78 is 10.7. The molecule has 5 heteroatoms. The smallest absolute Gasteiger partial charge is 0.409 e. The highest BCUT2D eigenvalue weighted by Gasteiger charge is 2.28. The van der Waals surface area contributed by atoms with Crippen LogP contribution >= 0.6 is 0 Å². The van der Waals surface area contributed by atoms with E-state index in [1.54, 1.807) is 4.90 Å². The second-order valence-electron chi connectivity index (χ2n) is 5.21. The molecule has 0 aromatic heterocycles. The second kappa shape index (κ2) is 7.59. The van der Waals surface area contributed by atoms with Crippen LogP contribution in [0.25, 0.3) is 0 Å². The van der Waals surface area contributed by atoms with Gasteiger partial charge in [-0.2, -0.15) is 0 Å². The molecule has 0 aromatic carbocycles. The molecule has 1 aliphatic heterocycles. The number of hydrogen-bond donors (Lipinski definition) is 0. The Morgan fingerprint density at radius 2 is 2.11 bits per heavy atom. The first-order valence-corrected chi connectivity index (χ1v) is 6.74. The molecule has 0 bridgehead atoms. The SMILES string of the molecule is CCOCC1CN(C(=O)OCC(C)C)CCN1C. The van der Waals surface area contributed by atoms with E-state index in [1.165, 1.54) is 0 Å². The average Bonchev–Trinajstić information content (AvgIpc) is 2.35. The van der Waals surface area contributed by atoms with Crippen LogP contribution in [0.3, 0.4) is 0 Å². The lowest BCUT2D eigenvalue weighted by Gasteiger charge is -2.38. The highest BCUT2D eigenvalue weighted by Crippen LogP contribution is 2.10. The molecule has 106 valence electrons. The van der Waals surface area contributed by atoms with Crippen LogP contribution < -0.4 is 0 Å². The molecular formula is C13H26N2O3. The van der Waals surface area contributed by atoms with Crippen molar-refractivity contribution in [1.29, 1.82) is 0 Å². The minimum absolute atomic E-state index is 0.196. The molecule has 1 heterocycles. The Morgan fingerprint density at radius 3 is 2.72 bits per heavy atom. The van der Waals surface area contributed by atoms with Crippen LogP contribution in [-0.4, -0.2) is 68.4 Å². The van der Waals surface area contributed by atoms with Crippen molar-refractivity contribution < 1.29 is 14.3 Å². The number of nitrogens with zero attached hydrogens (tertiary/aromatic N) is 2. The summed E-state index contributed by atoms with van der Waals surface area (Å²) in [6.07, 6.45) is -0.196. The molecule has 0 spiro atoms. The first-order chi connectivity index (χ1) is 8.54. The summed E-state index contributed by atoms with van der Waals surface area (Å²) in [5, 5.41) is 0. The predicted octanol–water partition coefficient (Wildman–Crippen LogP) is 1.43. The van der Waals surface area contributed by atoms with Crippen molar-refractivity contribution in [1.82, 2.24) is 9.80 Å². The van der Waals surface area contributed by atoms with Crippen LogP contribution in [-0.2, 0) is 9.47 Å². The summed E-state index contributed by atoms with van der Waals surface area (Å²) in [6.45, 7) is 10.2. The molecule has 0 aromatic rings. The summed E-state index contributed by atoms with van der Waals surface area (Å²) in [6, 6.07) is 0.269. The third-order valence-corrected chi connectivity index (χ3v) is 3.09. The van der Waals surface area contributed by atoms with Crippen LogP contribution in [0.2, 0.25) is 0 Å². The number of amides is 1. The number of carbonyl (C=O) groups is 1. The lowest BCUT2D eigenvalue weighted by Crippen LogP contribution is -2.55. The predicted molar refractivity (Wildman–Crippen MR) is 70.7 cm³/mol. The van der Waals surface area contributed by atoms with E-state index in [4.69, 9.17) is 9.47 Å². The molecule has 18 heavy (non-hydrogen) atoms. The van der Waals surface area contributed by atoms with E-state index < -0.39 is 0 Å². The molecule has 0 aliphatic carbocycles. The lowest BCUT2D eigenvalue weighted by atomic mass is 10.2. The molecule has 1 rings (SSSR count). The summed E-state index contributed by atoms with van der Waals surface area (Å²) in [5.41, 5.74) is 0. The molecule has 0 N–H and O–H groups in total. The number of hydrogen-bond acceptors (Lipinski definition) is 4. The maximum absolute atomic E-state index is 11.9. The first kappa shape index (κ1) is 15.2. The Balaban J connectivity index is 2.40. The van der Waals surface area contributed by atoms with Crippen LogP contribution in [0, 0.1) is 5.92 Å². The van der Waals surface area contributed by atoms with Crippen molar-refractivity contribution in [3.8, 4) is 0 Å². The maximum Gasteiger partial charge on any atom is 0.409 e. The zero-order valence-electron chi connectivity index (χ0n) is 12.0. The Hall–Kier alpha value is -0.810. The minimum Gasteiger partial charge on any atom is -0.449 e. The number of likely N-dealkylation sites (N-methyl/N-ethyl adjacent to an activating group) is 1. The maximum atomic E-state index is 11.9. The van der Waals surface area contributed by atoms with Crippen LogP contribution in [0.15, 0.2) is 0 Å². The lowest BCUT2D eigenvalue weighted by molar-refractivity contribution is 0.0185. The van der Waals surface area contributed by atoms with Crippen molar-refractivity contribution in [3.63, 3.8) is 0 Å². The monoisotopic (exact) mass is 258 g/mol. The topological polar surface area (TPSA) is 42.0 Å². The fourth-order valence-corrected chi connectivity index (χ4v) is 1.87. The minimum atomic E-state index is -0.196. The molecular weight excluding hydrogens is 232 g/mol. The van der Waals surface area contributed by atoms with Gasteiger partial charge in [-0.05, 0) is 19.9 Å². The van der Waals surface area contributed by atoms with E-state index in [0.29, 0.717) is 32.3 Å².